The molecule has 2 amide bonds. The summed E-state index contributed by atoms with van der Waals surface area (Å²) in [4.78, 5) is 27.8. The zero-order chi connectivity index (χ0) is 14.2. The largest absolute Gasteiger partial charge is 0.325 e. The van der Waals surface area contributed by atoms with E-state index in [0.29, 0.717) is 6.54 Å². The first-order valence-electron chi connectivity index (χ1n) is 6.97. The van der Waals surface area contributed by atoms with Gasteiger partial charge in [-0.25, -0.2) is 0 Å². The zero-order valence-electron chi connectivity index (χ0n) is 11.6. The molecule has 1 atom stereocenters. The second-order valence-electron chi connectivity index (χ2n) is 5.57. The maximum absolute atomic E-state index is 12.4. The van der Waals surface area contributed by atoms with Crippen LogP contribution in [0.4, 0.5) is 5.69 Å². The molecule has 2 aliphatic rings. The van der Waals surface area contributed by atoms with Crippen LogP contribution in [0.1, 0.15) is 13.3 Å². The fourth-order valence-electron chi connectivity index (χ4n) is 3.24. The highest BCUT2D eigenvalue weighted by Crippen LogP contribution is 2.31. The van der Waals surface area contributed by atoms with E-state index in [9.17, 15) is 9.59 Å². The van der Waals surface area contributed by atoms with Gasteiger partial charge in [0, 0.05) is 19.2 Å². The molecule has 5 heteroatoms. The molecule has 0 bridgehead atoms. The summed E-state index contributed by atoms with van der Waals surface area (Å²) in [5.74, 6) is -0.0290. The van der Waals surface area contributed by atoms with Gasteiger partial charge in [0.05, 0.1) is 12.1 Å². The first-order valence-corrected chi connectivity index (χ1v) is 6.97. The highest BCUT2D eigenvalue weighted by molar-refractivity contribution is 5.98. The molecule has 2 heterocycles. The third-order valence-electron chi connectivity index (χ3n) is 4.29. The van der Waals surface area contributed by atoms with E-state index in [0.717, 1.165) is 25.2 Å². The van der Waals surface area contributed by atoms with Gasteiger partial charge in [0.15, 0.2) is 0 Å². The van der Waals surface area contributed by atoms with Crippen molar-refractivity contribution < 1.29 is 9.59 Å². The summed E-state index contributed by atoms with van der Waals surface area (Å²) in [6.07, 6.45) is 0.892. The van der Waals surface area contributed by atoms with Gasteiger partial charge in [0.1, 0.15) is 6.54 Å². The summed E-state index contributed by atoms with van der Waals surface area (Å²) in [7, 11) is 0. The third kappa shape index (κ3) is 2.08. The number of para-hydroxylation sites is 1. The Balaban J connectivity index is 1.93. The van der Waals surface area contributed by atoms with Crippen LogP contribution in [0.3, 0.4) is 0 Å². The average molecular weight is 273 g/mol. The van der Waals surface area contributed by atoms with Crippen LogP contribution >= 0.6 is 0 Å². The maximum Gasteiger partial charge on any atom is 0.246 e. The minimum absolute atomic E-state index is 0.0103. The molecule has 0 aromatic heterocycles. The van der Waals surface area contributed by atoms with Gasteiger partial charge < -0.3 is 15.1 Å². The van der Waals surface area contributed by atoms with E-state index in [4.69, 9.17) is 0 Å². The number of piperazine rings is 1. The molecule has 2 saturated heterocycles. The van der Waals surface area contributed by atoms with Crippen LogP contribution in [0.25, 0.3) is 0 Å². The Kier molecular flexibility index (Phi) is 3.22. The molecule has 20 heavy (non-hydrogen) atoms. The van der Waals surface area contributed by atoms with Crippen molar-refractivity contribution in [3.05, 3.63) is 30.3 Å². The molecule has 106 valence electrons. The molecule has 3 rings (SSSR count). The average Bonchev–Trinajstić information content (AvgIpc) is 2.91. The Morgan fingerprint density at radius 2 is 2.05 bits per heavy atom. The number of anilines is 1. The third-order valence-corrected chi connectivity index (χ3v) is 4.29. The SMILES string of the molecule is CC(=O)N1CC(=O)N(c2ccccc2)CC12CCNC2. The van der Waals surface area contributed by atoms with Gasteiger partial charge in [-0.2, -0.15) is 0 Å². The molecule has 1 unspecified atom stereocenters. The summed E-state index contributed by atoms with van der Waals surface area (Å²) < 4.78 is 0. The number of hydrogen-bond donors (Lipinski definition) is 1. The predicted molar refractivity (Wildman–Crippen MR) is 76.4 cm³/mol. The Morgan fingerprint density at radius 1 is 1.30 bits per heavy atom. The van der Waals surface area contributed by atoms with Gasteiger partial charge in [-0.15, -0.1) is 0 Å². The number of benzene rings is 1. The van der Waals surface area contributed by atoms with Crippen LogP contribution in [0, 0.1) is 0 Å². The van der Waals surface area contributed by atoms with Crippen molar-refractivity contribution in [3.8, 4) is 0 Å². The molecule has 5 nitrogen and oxygen atoms in total. The van der Waals surface area contributed by atoms with Crippen LogP contribution in [0.2, 0.25) is 0 Å². The molecule has 0 aliphatic carbocycles. The highest BCUT2D eigenvalue weighted by atomic mass is 16.2. The van der Waals surface area contributed by atoms with Crippen molar-refractivity contribution in [3.63, 3.8) is 0 Å². The molecule has 1 aromatic rings. The molecule has 1 spiro atoms. The number of nitrogens with zero attached hydrogens (tertiary/aromatic N) is 2. The van der Waals surface area contributed by atoms with E-state index >= 15 is 0 Å². The molecular formula is C15H19N3O2. The van der Waals surface area contributed by atoms with Gasteiger partial charge in [0.25, 0.3) is 0 Å². The van der Waals surface area contributed by atoms with Crippen LogP contribution in [0.5, 0.6) is 0 Å². The number of amides is 2. The van der Waals surface area contributed by atoms with Gasteiger partial charge in [-0.1, -0.05) is 18.2 Å². The van der Waals surface area contributed by atoms with Crippen molar-refractivity contribution in [2.75, 3.05) is 31.1 Å². The first-order chi connectivity index (χ1) is 9.62. The number of hydrogen-bond acceptors (Lipinski definition) is 3. The Labute approximate surface area is 118 Å². The lowest BCUT2D eigenvalue weighted by atomic mass is 9.92. The minimum atomic E-state index is -0.254. The normalized spacial score (nSPS) is 26.4. The number of carbonyl (C=O) groups excluding carboxylic acids is 2. The predicted octanol–water partition coefficient (Wildman–Crippen LogP) is 0.614. The lowest BCUT2D eigenvalue weighted by Gasteiger charge is -2.47. The molecule has 1 N–H and O–H groups in total. The second-order valence-corrected chi connectivity index (χ2v) is 5.57. The monoisotopic (exact) mass is 273 g/mol. The van der Waals surface area contributed by atoms with E-state index in [1.165, 1.54) is 0 Å². The van der Waals surface area contributed by atoms with Crippen LogP contribution in [-0.4, -0.2) is 48.4 Å². The summed E-state index contributed by atoms with van der Waals surface area (Å²) >= 11 is 0. The molecule has 0 saturated carbocycles. The Bertz CT molecular complexity index is 523. The minimum Gasteiger partial charge on any atom is -0.325 e. The fourth-order valence-corrected chi connectivity index (χ4v) is 3.24. The summed E-state index contributed by atoms with van der Waals surface area (Å²) in [6.45, 7) is 3.93. The summed E-state index contributed by atoms with van der Waals surface area (Å²) in [5.41, 5.74) is 0.655. The molecule has 0 radical (unpaired) electrons. The van der Waals surface area contributed by atoms with E-state index < -0.39 is 0 Å². The molecular weight excluding hydrogens is 254 g/mol. The van der Waals surface area contributed by atoms with Gasteiger partial charge in [0.2, 0.25) is 11.8 Å². The molecule has 1 aromatic carbocycles. The van der Waals surface area contributed by atoms with Gasteiger partial charge in [-0.05, 0) is 25.1 Å². The first kappa shape index (κ1) is 13.1. The van der Waals surface area contributed by atoms with E-state index in [1.54, 1.807) is 11.8 Å². The lowest BCUT2D eigenvalue weighted by Crippen LogP contribution is -2.66. The Hall–Kier alpha value is -1.88. The van der Waals surface area contributed by atoms with Crippen molar-refractivity contribution in [2.24, 2.45) is 0 Å². The summed E-state index contributed by atoms with van der Waals surface area (Å²) in [6, 6.07) is 9.68. The standard InChI is InChI=1S/C15H19N3O2/c1-12(19)18-9-14(20)17(13-5-3-2-4-6-13)11-15(18)7-8-16-10-15/h2-6,16H,7-11H2,1H3. The highest BCUT2D eigenvalue weighted by Gasteiger charge is 2.48. The van der Waals surface area contributed by atoms with E-state index in [1.807, 2.05) is 35.2 Å². The van der Waals surface area contributed by atoms with Crippen LogP contribution < -0.4 is 10.2 Å². The molecule has 2 fully saturated rings. The number of nitrogens with one attached hydrogen (secondary N) is 1. The van der Waals surface area contributed by atoms with Gasteiger partial charge in [-0.3, -0.25) is 9.59 Å². The quantitative estimate of drug-likeness (QED) is 0.816. The van der Waals surface area contributed by atoms with Crippen LogP contribution in [-0.2, 0) is 9.59 Å². The zero-order valence-corrected chi connectivity index (χ0v) is 11.6. The fraction of sp³-hybridized carbons (Fsp3) is 0.467. The number of carbonyl (C=O) groups is 2. The van der Waals surface area contributed by atoms with E-state index in [-0.39, 0.29) is 23.9 Å². The smallest absolute Gasteiger partial charge is 0.246 e. The van der Waals surface area contributed by atoms with Gasteiger partial charge >= 0.3 is 0 Å². The van der Waals surface area contributed by atoms with Crippen molar-refractivity contribution in [1.29, 1.82) is 0 Å². The topological polar surface area (TPSA) is 52.7 Å². The maximum atomic E-state index is 12.4. The Morgan fingerprint density at radius 3 is 2.65 bits per heavy atom. The van der Waals surface area contributed by atoms with Crippen molar-refractivity contribution in [1.82, 2.24) is 10.2 Å². The molecule has 2 aliphatic heterocycles. The summed E-state index contributed by atoms with van der Waals surface area (Å²) in [5, 5.41) is 3.32. The van der Waals surface area contributed by atoms with Crippen molar-refractivity contribution in [2.45, 2.75) is 18.9 Å². The van der Waals surface area contributed by atoms with Crippen LogP contribution in [0.15, 0.2) is 30.3 Å². The van der Waals surface area contributed by atoms with E-state index in [2.05, 4.69) is 5.32 Å². The number of rotatable bonds is 1. The van der Waals surface area contributed by atoms with Crippen molar-refractivity contribution >= 4 is 17.5 Å². The second kappa shape index (κ2) is 4.90. The lowest BCUT2D eigenvalue weighted by molar-refractivity contribution is -0.142.